The molecule has 5 nitrogen and oxygen atoms in total. The molecule has 1 saturated heterocycles. The molecule has 0 spiro atoms. The molecule has 0 saturated carbocycles. The lowest BCUT2D eigenvalue weighted by atomic mass is 10.1. The smallest absolute Gasteiger partial charge is 0.286 e. The van der Waals surface area contributed by atoms with Crippen molar-refractivity contribution in [3.8, 4) is 0 Å². The molecule has 1 aromatic carbocycles. The van der Waals surface area contributed by atoms with Crippen LogP contribution in [0.25, 0.3) is 0 Å². The molecule has 0 radical (unpaired) electrons. The summed E-state index contributed by atoms with van der Waals surface area (Å²) in [6.45, 7) is 1.56. The number of amides is 3. The summed E-state index contributed by atoms with van der Waals surface area (Å²) in [5.74, 6) is -1.92. The van der Waals surface area contributed by atoms with Crippen LogP contribution in [0, 0.1) is 11.7 Å². The van der Waals surface area contributed by atoms with E-state index in [1.807, 2.05) is 0 Å². The van der Waals surface area contributed by atoms with E-state index in [0.29, 0.717) is 5.69 Å². The Morgan fingerprint density at radius 3 is 2.53 bits per heavy atom. The summed E-state index contributed by atoms with van der Waals surface area (Å²) < 4.78 is 12.7. The minimum absolute atomic E-state index is 0.394. The van der Waals surface area contributed by atoms with Gasteiger partial charge < -0.3 is 5.32 Å². The Kier molecular flexibility index (Phi) is 3.84. The molecule has 100 valence electrons. The molecule has 19 heavy (non-hydrogen) atoms. The number of benzene rings is 1. The quantitative estimate of drug-likeness (QED) is 0.885. The highest BCUT2D eigenvalue weighted by molar-refractivity contribution is 8.15. The average Bonchev–Trinajstić information content (AvgIpc) is 2.70. The van der Waals surface area contributed by atoms with E-state index >= 15 is 0 Å². The van der Waals surface area contributed by atoms with Gasteiger partial charge >= 0.3 is 0 Å². The van der Waals surface area contributed by atoms with Crippen molar-refractivity contribution in [3.05, 3.63) is 30.1 Å². The Hall–Kier alpha value is -1.89. The van der Waals surface area contributed by atoms with E-state index in [0.717, 1.165) is 11.8 Å². The van der Waals surface area contributed by atoms with Crippen LogP contribution in [0.2, 0.25) is 0 Å². The first-order chi connectivity index (χ1) is 8.97. The molecule has 1 aliphatic heterocycles. The molecule has 0 aromatic heterocycles. The zero-order valence-corrected chi connectivity index (χ0v) is 10.8. The van der Waals surface area contributed by atoms with Gasteiger partial charge in [-0.2, -0.15) is 0 Å². The first kappa shape index (κ1) is 13.5. The molecule has 2 rings (SSSR count). The number of imide groups is 1. The molecule has 1 aromatic rings. The van der Waals surface area contributed by atoms with Gasteiger partial charge in [0, 0.05) is 5.69 Å². The Morgan fingerprint density at radius 2 is 2.00 bits per heavy atom. The van der Waals surface area contributed by atoms with Crippen molar-refractivity contribution in [1.82, 2.24) is 5.32 Å². The van der Waals surface area contributed by atoms with Crippen molar-refractivity contribution in [2.24, 2.45) is 5.92 Å². The van der Waals surface area contributed by atoms with E-state index in [1.54, 1.807) is 6.92 Å². The Bertz CT molecular complexity index is 532. The molecular weight excluding hydrogens is 271 g/mol. The summed E-state index contributed by atoms with van der Waals surface area (Å²) >= 11 is 0.803. The fourth-order valence-electron chi connectivity index (χ4n) is 1.63. The minimum atomic E-state index is -0.729. The highest BCUT2D eigenvalue weighted by Crippen LogP contribution is 2.26. The van der Waals surface area contributed by atoms with Gasteiger partial charge in [0.25, 0.3) is 5.24 Å². The lowest BCUT2D eigenvalue weighted by molar-refractivity contribution is -0.125. The van der Waals surface area contributed by atoms with Crippen LogP contribution in [0.1, 0.15) is 6.92 Å². The van der Waals surface area contributed by atoms with Crippen molar-refractivity contribution < 1.29 is 18.8 Å². The summed E-state index contributed by atoms with van der Waals surface area (Å²) in [7, 11) is 0. The topological polar surface area (TPSA) is 75.3 Å². The highest BCUT2D eigenvalue weighted by Gasteiger charge is 2.38. The molecule has 0 unspecified atom stereocenters. The fourth-order valence-corrected chi connectivity index (χ4v) is 2.51. The van der Waals surface area contributed by atoms with Crippen LogP contribution in [-0.4, -0.2) is 22.3 Å². The average molecular weight is 282 g/mol. The largest absolute Gasteiger partial charge is 0.326 e. The zero-order valence-electron chi connectivity index (χ0n) is 9.98. The number of carbonyl (C=O) groups excluding carboxylic acids is 3. The Balaban J connectivity index is 2.01. The Labute approximate surface area is 112 Å². The number of nitrogens with one attached hydrogen (secondary N) is 2. The second-order valence-corrected chi connectivity index (χ2v) is 5.21. The summed E-state index contributed by atoms with van der Waals surface area (Å²) in [4.78, 5) is 34.4. The monoisotopic (exact) mass is 282 g/mol. The SMILES string of the molecule is C[C@@H](C(=O)Nc1ccc(F)cc1)[C@H]1SC(=O)NC1=O. The maximum atomic E-state index is 12.7. The van der Waals surface area contributed by atoms with Crippen LogP contribution in [0.4, 0.5) is 14.9 Å². The fraction of sp³-hybridized carbons (Fsp3) is 0.250. The van der Waals surface area contributed by atoms with E-state index in [-0.39, 0.29) is 0 Å². The second kappa shape index (κ2) is 5.40. The highest BCUT2D eigenvalue weighted by atomic mass is 32.2. The van der Waals surface area contributed by atoms with Gasteiger partial charge in [0.15, 0.2) is 0 Å². The van der Waals surface area contributed by atoms with Crippen LogP contribution < -0.4 is 10.6 Å². The molecule has 3 amide bonds. The molecule has 1 aliphatic rings. The number of rotatable bonds is 3. The van der Waals surface area contributed by atoms with E-state index in [4.69, 9.17) is 0 Å². The maximum Gasteiger partial charge on any atom is 0.286 e. The molecule has 0 aliphatic carbocycles. The second-order valence-electron chi connectivity index (χ2n) is 4.10. The number of hydrogen-bond acceptors (Lipinski definition) is 4. The van der Waals surface area contributed by atoms with Gasteiger partial charge in [0.2, 0.25) is 11.8 Å². The van der Waals surface area contributed by atoms with E-state index < -0.39 is 34.0 Å². The summed E-state index contributed by atoms with van der Waals surface area (Å²) in [5, 5.41) is 3.52. The zero-order chi connectivity index (χ0) is 14.0. The van der Waals surface area contributed by atoms with E-state index in [9.17, 15) is 18.8 Å². The van der Waals surface area contributed by atoms with Crippen LogP contribution in [-0.2, 0) is 9.59 Å². The minimum Gasteiger partial charge on any atom is -0.326 e. The Morgan fingerprint density at radius 1 is 1.37 bits per heavy atom. The third-order valence-corrected chi connectivity index (χ3v) is 3.89. The number of anilines is 1. The lowest BCUT2D eigenvalue weighted by Crippen LogP contribution is -2.35. The predicted octanol–water partition coefficient (Wildman–Crippen LogP) is 1.75. The summed E-state index contributed by atoms with van der Waals surface area (Å²) in [5.41, 5.74) is 0.438. The van der Waals surface area contributed by atoms with Crippen LogP contribution in [0.3, 0.4) is 0 Å². The predicted molar refractivity (Wildman–Crippen MR) is 69.1 cm³/mol. The third-order valence-electron chi connectivity index (χ3n) is 2.70. The number of hydrogen-bond donors (Lipinski definition) is 2. The molecule has 1 heterocycles. The van der Waals surface area contributed by atoms with Crippen molar-refractivity contribution >= 4 is 34.5 Å². The number of halogens is 1. The van der Waals surface area contributed by atoms with Gasteiger partial charge in [-0.05, 0) is 24.3 Å². The van der Waals surface area contributed by atoms with Crippen molar-refractivity contribution in [1.29, 1.82) is 0 Å². The summed E-state index contributed by atoms with van der Waals surface area (Å²) in [6.07, 6.45) is 0. The molecule has 7 heteroatoms. The van der Waals surface area contributed by atoms with Crippen molar-refractivity contribution in [2.45, 2.75) is 12.2 Å². The third kappa shape index (κ3) is 3.11. The first-order valence-corrected chi connectivity index (χ1v) is 6.43. The van der Waals surface area contributed by atoms with Crippen LogP contribution >= 0.6 is 11.8 Å². The molecule has 2 atom stereocenters. The molecular formula is C12H11FN2O3S. The molecule has 1 fully saturated rings. The molecule has 2 N–H and O–H groups in total. The first-order valence-electron chi connectivity index (χ1n) is 5.55. The van der Waals surface area contributed by atoms with Crippen molar-refractivity contribution in [3.63, 3.8) is 0 Å². The summed E-state index contributed by atoms with van der Waals surface area (Å²) in [6, 6.07) is 5.29. The standard InChI is InChI=1S/C12H11FN2O3S/c1-6(9-11(17)15-12(18)19-9)10(16)14-8-4-2-7(13)3-5-8/h2-6,9H,1H3,(H,14,16)(H,15,17,18)/t6-,9-/m1/s1. The van der Waals surface area contributed by atoms with Gasteiger partial charge in [-0.25, -0.2) is 4.39 Å². The van der Waals surface area contributed by atoms with Crippen LogP contribution in [0.5, 0.6) is 0 Å². The van der Waals surface area contributed by atoms with Crippen LogP contribution in [0.15, 0.2) is 24.3 Å². The van der Waals surface area contributed by atoms with Gasteiger partial charge in [0.1, 0.15) is 11.1 Å². The maximum absolute atomic E-state index is 12.7. The van der Waals surface area contributed by atoms with Gasteiger partial charge in [0.05, 0.1) is 5.92 Å². The lowest BCUT2D eigenvalue weighted by Gasteiger charge is -2.15. The van der Waals surface area contributed by atoms with Gasteiger partial charge in [-0.1, -0.05) is 18.7 Å². The van der Waals surface area contributed by atoms with E-state index in [1.165, 1.54) is 24.3 Å². The van der Waals surface area contributed by atoms with Gasteiger partial charge in [-0.15, -0.1) is 0 Å². The number of carbonyl (C=O) groups is 3. The molecule has 0 bridgehead atoms. The van der Waals surface area contributed by atoms with Crippen molar-refractivity contribution in [2.75, 3.05) is 5.32 Å². The van der Waals surface area contributed by atoms with E-state index in [2.05, 4.69) is 10.6 Å². The number of thioether (sulfide) groups is 1. The van der Waals surface area contributed by atoms with Gasteiger partial charge in [-0.3, -0.25) is 19.7 Å². The normalized spacial score (nSPS) is 20.0.